The zero-order chi connectivity index (χ0) is 12.4. The van der Waals surface area contributed by atoms with E-state index < -0.39 is 0 Å². The number of piperidine rings is 1. The molecule has 2 nitrogen and oxygen atoms in total. The van der Waals surface area contributed by atoms with Crippen LogP contribution in [-0.2, 0) is 0 Å². The maximum absolute atomic E-state index is 3.82. The van der Waals surface area contributed by atoms with Gasteiger partial charge in [0, 0.05) is 18.1 Å². The molecular weight excluding hydrogens is 220 g/mol. The molecule has 0 aromatic rings. The van der Waals surface area contributed by atoms with Crippen LogP contribution in [0.25, 0.3) is 0 Å². The molecule has 4 unspecified atom stereocenters. The van der Waals surface area contributed by atoms with Crippen molar-refractivity contribution in [1.29, 1.82) is 0 Å². The Morgan fingerprint density at radius 2 is 1.72 bits per heavy atom. The van der Waals surface area contributed by atoms with Crippen molar-refractivity contribution in [3.05, 3.63) is 0 Å². The lowest BCUT2D eigenvalue weighted by atomic mass is 9.90. The van der Waals surface area contributed by atoms with Gasteiger partial charge in [0.05, 0.1) is 0 Å². The maximum Gasteiger partial charge on any atom is 0.0252 e. The minimum absolute atomic E-state index is 0.796. The van der Waals surface area contributed by atoms with E-state index in [0.717, 1.165) is 24.0 Å². The van der Waals surface area contributed by atoms with Crippen molar-refractivity contribution in [2.24, 2.45) is 5.92 Å². The highest BCUT2D eigenvalue weighted by Crippen LogP contribution is 2.40. The first-order valence-electron chi connectivity index (χ1n) is 8.39. The molecule has 0 amide bonds. The smallest absolute Gasteiger partial charge is 0.0252 e. The third-order valence-electron chi connectivity index (χ3n) is 5.60. The van der Waals surface area contributed by atoms with E-state index in [0.29, 0.717) is 0 Å². The summed E-state index contributed by atoms with van der Waals surface area (Å²) in [4.78, 5) is 2.93. The molecule has 18 heavy (non-hydrogen) atoms. The molecule has 1 heterocycles. The van der Waals surface area contributed by atoms with Crippen LogP contribution in [0.5, 0.6) is 0 Å². The van der Waals surface area contributed by atoms with Gasteiger partial charge in [0.25, 0.3) is 0 Å². The van der Waals surface area contributed by atoms with E-state index in [9.17, 15) is 0 Å². The second-order valence-corrected chi connectivity index (χ2v) is 6.70. The van der Waals surface area contributed by atoms with E-state index in [2.05, 4.69) is 17.1 Å². The van der Waals surface area contributed by atoms with E-state index in [4.69, 9.17) is 0 Å². The summed E-state index contributed by atoms with van der Waals surface area (Å²) in [6.07, 6.45) is 13.0. The lowest BCUT2D eigenvalue weighted by molar-refractivity contribution is 0.0578. The Hall–Kier alpha value is -0.0800. The van der Waals surface area contributed by atoms with Gasteiger partial charge >= 0.3 is 0 Å². The first-order chi connectivity index (χ1) is 8.90. The molecule has 3 fully saturated rings. The molecule has 1 aliphatic heterocycles. The molecule has 2 saturated carbocycles. The predicted octanol–water partition coefficient (Wildman–Crippen LogP) is 3.17. The molecule has 0 aromatic heterocycles. The van der Waals surface area contributed by atoms with Crippen LogP contribution in [0.3, 0.4) is 0 Å². The third kappa shape index (κ3) is 2.46. The Bertz CT molecular complexity index is 266. The quantitative estimate of drug-likeness (QED) is 0.824. The lowest BCUT2D eigenvalue weighted by Crippen LogP contribution is -2.54. The SMILES string of the molecule is CCCNC1CCCC1N1CCCC2CCCC21. The van der Waals surface area contributed by atoms with Crippen LogP contribution in [0.15, 0.2) is 0 Å². The molecule has 104 valence electrons. The van der Waals surface area contributed by atoms with Crippen molar-refractivity contribution >= 4 is 0 Å². The summed E-state index contributed by atoms with van der Waals surface area (Å²) in [5.74, 6) is 1.05. The first kappa shape index (κ1) is 12.9. The number of nitrogens with zero attached hydrogens (tertiary/aromatic N) is 1. The zero-order valence-electron chi connectivity index (χ0n) is 12.0. The summed E-state index contributed by atoms with van der Waals surface area (Å²) < 4.78 is 0. The minimum Gasteiger partial charge on any atom is -0.312 e. The molecule has 0 bridgehead atoms. The van der Waals surface area contributed by atoms with Gasteiger partial charge in [0.1, 0.15) is 0 Å². The van der Waals surface area contributed by atoms with Gasteiger partial charge in [-0.2, -0.15) is 0 Å². The number of fused-ring (bicyclic) bond motifs is 1. The van der Waals surface area contributed by atoms with Crippen molar-refractivity contribution in [2.75, 3.05) is 13.1 Å². The number of likely N-dealkylation sites (tertiary alicyclic amines) is 1. The van der Waals surface area contributed by atoms with Crippen LogP contribution in [0.2, 0.25) is 0 Å². The highest BCUT2D eigenvalue weighted by Gasteiger charge is 2.41. The molecule has 4 atom stereocenters. The van der Waals surface area contributed by atoms with Gasteiger partial charge in [-0.3, -0.25) is 4.90 Å². The summed E-state index contributed by atoms with van der Waals surface area (Å²) in [6.45, 7) is 4.88. The molecule has 0 radical (unpaired) electrons. The number of hydrogen-bond acceptors (Lipinski definition) is 2. The van der Waals surface area contributed by atoms with Crippen molar-refractivity contribution in [3.8, 4) is 0 Å². The van der Waals surface area contributed by atoms with Crippen LogP contribution in [-0.4, -0.2) is 36.1 Å². The summed E-state index contributed by atoms with van der Waals surface area (Å²) in [6, 6.07) is 2.61. The maximum atomic E-state index is 3.82. The summed E-state index contributed by atoms with van der Waals surface area (Å²) >= 11 is 0. The van der Waals surface area contributed by atoms with Crippen LogP contribution < -0.4 is 5.32 Å². The fourth-order valence-corrected chi connectivity index (χ4v) is 4.81. The normalized spacial score (nSPS) is 41.2. The van der Waals surface area contributed by atoms with Crippen LogP contribution in [0.4, 0.5) is 0 Å². The second-order valence-electron chi connectivity index (χ2n) is 6.70. The van der Waals surface area contributed by atoms with Crippen LogP contribution in [0, 0.1) is 5.92 Å². The van der Waals surface area contributed by atoms with E-state index in [1.54, 1.807) is 0 Å². The lowest BCUT2D eigenvalue weighted by Gasteiger charge is -2.43. The third-order valence-corrected chi connectivity index (χ3v) is 5.60. The zero-order valence-corrected chi connectivity index (χ0v) is 12.0. The van der Waals surface area contributed by atoms with Gasteiger partial charge in [0.2, 0.25) is 0 Å². The molecular formula is C16H30N2. The van der Waals surface area contributed by atoms with Crippen molar-refractivity contribution in [3.63, 3.8) is 0 Å². The Balaban J connectivity index is 1.64. The highest BCUT2D eigenvalue weighted by molar-refractivity contribution is 4.98. The van der Waals surface area contributed by atoms with Crippen molar-refractivity contribution < 1.29 is 0 Å². The Morgan fingerprint density at radius 3 is 2.61 bits per heavy atom. The van der Waals surface area contributed by atoms with Gasteiger partial charge in [-0.05, 0) is 64.0 Å². The molecule has 1 N–H and O–H groups in total. The molecule has 1 saturated heterocycles. The van der Waals surface area contributed by atoms with E-state index in [1.807, 2.05) is 0 Å². The molecule has 2 aliphatic carbocycles. The Labute approximate surface area is 113 Å². The first-order valence-corrected chi connectivity index (χ1v) is 8.39. The van der Waals surface area contributed by atoms with E-state index in [1.165, 1.54) is 70.9 Å². The van der Waals surface area contributed by atoms with Crippen LogP contribution in [0.1, 0.15) is 64.7 Å². The van der Waals surface area contributed by atoms with Gasteiger partial charge in [-0.1, -0.05) is 19.8 Å². The van der Waals surface area contributed by atoms with Crippen molar-refractivity contribution in [2.45, 2.75) is 82.8 Å². The standard InChI is InChI=1S/C16H30N2/c1-2-11-17-14-8-4-10-16(14)18-12-5-7-13-6-3-9-15(13)18/h13-17H,2-12H2,1H3. The Kier molecular flexibility index (Phi) is 4.25. The molecule has 0 spiro atoms. The Morgan fingerprint density at radius 1 is 0.944 bits per heavy atom. The largest absolute Gasteiger partial charge is 0.312 e. The molecule has 2 heteroatoms. The summed E-state index contributed by atoms with van der Waals surface area (Å²) in [7, 11) is 0. The molecule has 3 rings (SSSR count). The van der Waals surface area contributed by atoms with Gasteiger partial charge in [0.15, 0.2) is 0 Å². The average Bonchev–Trinajstić information content (AvgIpc) is 3.04. The monoisotopic (exact) mass is 250 g/mol. The van der Waals surface area contributed by atoms with Gasteiger partial charge < -0.3 is 5.32 Å². The fraction of sp³-hybridized carbons (Fsp3) is 1.00. The topological polar surface area (TPSA) is 15.3 Å². The second kappa shape index (κ2) is 5.92. The molecule has 3 aliphatic rings. The highest BCUT2D eigenvalue weighted by atomic mass is 15.2. The summed E-state index contributed by atoms with van der Waals surface area (Å²) in [5, 5.41) is 3.82. The number of nitrogens with one attached hydrogen (secondary N) is 1. The molecule has 0 aromatic carbocycles. The number of hydrogen-bond donors (Lipinski definition) is 1. The average molecular weight is 250 g/mol. The minimum atomic E-state index is 0.796. The van der Waals surface area contributed by atoms with Gasteiger partial charge in [-0.15, -0.1) is 0 Å². The predicted molar refractivity (Wildman–Crippen MR) is 76.8 cm³/mol. The van der Waals surface area contributed by atoms with Crippen molar-refractivity contribution in [1.82, 2.24) is 10.2 Å². The number of rotatable bonds is 4. The van der Waals surface area contributed by atoms with E-state index in [-0.39, 0.29) is 0 Å². The van der Waals surface area contributed by atoms with Gasteiger partial charge in [-0.25, -0.2) is 0 Å². The summed E-state index contributed by atoms with van der Waals surface area (Å²) in [5.41, 5.74) is 0. The van der Waals surface area contributed by atoms with E-state index >= 15 is 0 Å². The van der Waals surface area contributed by atoms with Crippen LogP contribution >= 0.6 is 0 Å². The fourth-order valence-electron chi connectivity index (χ4n) is 4.81.